The summed E-state index contributed by atoms with van der Waals surface area (Å²) in [4.78, 5) is 1.04. The number of hydrogen-bond donors (Lipinski definition) is 1. The van der Waals surface area contributed by atoms with Crippen LogP contribution in [0.3, 0.4) is 0 Å². The van der Waals surface area contributed by atoms with E-state index in [-0.39, 0.29) is 0 Å². The molecular weight excluding hydrogens is 228 g/mol. The van der Waals surface area contributed by atoms with Crippen molar-refractivity contribution in [3.8, 4) is 18.4 Å². The number of thioether (sulfide) groups is 1. The number of rotatable bonds is 6. The predicted octanol–water partition coefficient (Wildman–Crippen LogP) is 3.50. The number of anilines is 1. The molecule has 2 nitrogen and oxygen atoms in total. The molecule has 0 aliphatic rings. The van der Waals surface area contributed by atoms with E-state index in [2.05, 4.69) is 24.2 Å². The van der Waals surface area contributed by atoms with Crippen LogP contribution in [0.1, 0.15) is 25.3 Å². The maximum atomic E-state index is 9.19. The number of nitrogens with one attached hydrogen (secondary N) is 1. The highest BCUT2D eigenvalue weighted by atomic mass is 32.2. The lowest BCUT2D eigenvalue weighted by Crippen LogP contribution is -2.03. The van der Waals surface area contributed by atoms with E-state index >= 15 is 0 Å². The second-order valence-electron chi connectivity index (χ2n) is 3.46. The van der Waals surface area contributed by atoms with E-state index in [0.717, 1.165) is 41.3 Å². The Morgan fingerprint density at radius 3 is 2.94 bits per heavy atom. The van der Waals surface area contributed by atoms with E-state index in [1.165, 1.54) is 0 Å². The van der Waals surface area contributed by atoms with Crippen molar-refractivity contribution in [2.75, 3.05) is 17.6 Å². The molecule has 0 heterocycles. The molecule has 0 bridgehead atoms. The summed E-state index contributed by atoms with van der Waals surface area (Å²) in [5.41, 5.74) is 1.64. The molecule has 0 saturated carbocycles. The third-order valence-electron chi connectivity index (χ3n) is 2.25. The van der Waals surface area contributed by atoms with Gasteiger partial charge in [-0.3, -0.25) is 0 Å². The van der Waals surface area contributed by atoms with Gasteiger partial charge in [0.15, 0.2) is 0 Å². The maximum absolute atomic E-state index is 9.19. The zero-order valence-electron chi connectivity index (χ0n) is 9.99. The normalized spacial score (nSPS) is 9.35. The van der Waals surface area contributed by atoms with Crippen LogP contribution in [0.5, 0.6) is 0 Å². The van der Waals surface area contributed by atoms with Crippen LogP contribution in [0.4, 0.5) is 5.69 Å². The number of nitriles is 1. The van der Waals surface area contributed by atoms with Gasteiger partial charge in [0.25, 0.3) is 0 Å². The summed E-state index contributed by atoms with van der Waals surface area (Å²) in [5, 5.41) is 12.5. The Bertz CT molecular complexity index is 441. The first kappa shape index (κ1) is 13.5. The fourth-order valence-electron chi connectivity index (χ4n) is 1.48. The van der Waals surface area contributed by atoms with Crippen LogP contribution >= 0.6 is 11.8 Å². The Morgan fingerprint density at radius 2 is 2.29 bits per heavy atom. The SMILES string of the molecule is C#CCCCNc1cccc(SCC)c1C#N. The molecule has 0 radical (unpaired) electrons. The molecule has 17 heavy (non-hydrogen) atoms. The van der Waals surface area contributed by atoms with Gasteiger partial charge in [-0.1, -0.05) is 13.0 Å². The molecule has 1 aromatic carbocycles. The van der Waals surface area contributed by atoms with Crippen molar-refractivity contribution >= 4 is 17.4 Å². The standard InChI is InChI=1S/C14H16N2S/c1-3-5-6-10-16-13-8-7-9-14(17-4-2)12(13)11-15/h1,7-9,16H,4-6,10H2,2H3. The summed E-state index contributed by atoms with van der Waals surface area (Å²) in [7, 11) is 0. The molecular formula is C14H16N2S. The minimum atomic E-state index is 0.736. The van der Waals surface area contributed by atoms with Gasteiger partial charge in [0.2, 0.25) is 0 Å². The Hall–Kier alpha value is -1.58. The molecule has 1 N–H and O–H groups in total. The summed E-state index contributed by atoms with van der Waals surface area (Å²) in [6.07, 6.45) is 6.88. The summed E-state index contributed by atoms with van der Waals surface area (Å²) >= 11 is 1.69. The van der Waals surface area contributed by atoms with Gasteiger partial charge in [0.1, 0.15) is 6.07 Å². The third kappa shape index (κ3) is 4.06. The summed E-state index contributed by atoms with van der Waals surface area (Å²) in [5.74, 6) is 3.57. The molecule has 1 rings (SSSR count). The molecule has 88 valence electrons. The van der Waals surface area contributed by atoms with E-state index in [9.17, 15) is 5.26 Å². The Kier molecular flexibility index (Phi) is 6.07. The van der Waals surface area contributed by atoms with E-state index in [0.29, 0.717) is 0 Å². The number of hydrogen-bond acceptors (Lipinski definition) is 3. The van der Waals surface area contributed by atoms with Crippen molar-refractivity contribution in [3.05, 3.63) is 23.8 Å². The highest BCUT2D eigenvalue weighted by Crippen LogP contribution is 2.27. The Balaban J connectivity index is 2.75. The van der Waals surface area contributed by atoms with Gasteiger partial charge in [-0.25, -0.2) is 0 Å². The molecule has 1 aromatic rings. The van der Waals surface area contributed by atoms with Crippen molar-refractivity contribution in [3.63, 3.8) is 0 Å². The van der Waals surface area contributed by atoms with Gasteiger partial charge in [-0.2, -0.15) is 5.26 Å². The molecule has 0 unspecified atom stereocenters. The lowest BCUT2D eigenvalue weighted by molar-refractivity contribution is 0.906. The molecule has 0 aliphatic heterocycles. The molecule has 3 heteroatoms. The van der Waals surface area contributed by atoms with E-state index in [4.69, 9.17) is 6.42 Å². The molecule has 0 atom stereocenters. The highest BCUT2D eigenvalue weighted by molar-refractivity contribution is 7.99. The van der Waals surface area contributed by atoms with Crippen LogP contribution in [0.15, 0.2) is 23.1 Å². The zero-order valence-corrected chi connectivity index (χ0v) is 10.8. The third-order valence-corrected chi connectivity index (χ3v) is 3.19. The fraction of sp³-hybridized carbons (Fsp3) is 0.357. The van der Waals surface area contributed by atoms with Crippen LogP contribution in [0.25, 0.3) is 0 Å². The second-order valence-corrected chi connectivity index (χ2v) is 4.76. The van der Waals surface area contributed by atoms with E-state index < -0.39 is 0 Å². The summed E-state index contributed by atoms with van der Waals surface area (Å²) in [6.45, 7) is 2.89. The quantitative estimate of drug-likeness (QED) is 0.472. The lowest BCUT2D eigenvalue weighted by Gasteiger charge is -2.10. The van der Waals surface area contributed by atoms with Crippen molar-refractivity contribution in [1.29, 1.82) is 5.26 Å². The van der Waals surface area contributed by atoms with Gasteiger partial charge in [0, 0.05) is 17.9 Å². The van der Waals surface area contributed by atoms with Gasteiger partial charge >= 0.3 is 0 Å². The van der Waals surface area contributed by atoms with Gasteiger partial charge in [-0.15, -0.1) is 24.1 Å². The maximum Gasteiger partial charge on any atom is 0.102 e. The van der Waals surface area contributed by atoms with Crippen molar-refractivity contribution < 1.29 is 0 Å². The predicted molar refractivity (Wildman–Crippen MR) is 74.1 cm³/mol. The fourth-order valence-corrected chi connectivity index (χ4v) is 2.27. The highest BCUT2D eigenvalue weighted by Gasteiger charge is 2.06. The van der Waals surface area contributed by atoms with Gasteiger partial charge < -0.3 is 5.32 Å². The average molecular weight is 244 g/mol. The van der Waals surface area contributed by atoms with Gasteiger partial charge in [-0.05, 0) is 24.3 Å². The molecule has 0 saturated heterocycles. The molecule has 0 amide bonds. The molecule has 0 aromatic heterocycles. The lowest BCUT2D eigenvalue weighted by atomic mass is 10.2. The molecule has 0 aliphatic carbocycles. The Morgan fingerprint density at radius 1 is 1.47 bits per heavy atom. The largest absolute Gasteiger partial charge is 0.384 e. The first-order chi connectivity index (χ1) is 8.33. The average Bonchev–Trinajstić information content (AvgIpc) is 2.35. The monoisotopic (exact) mass is 244 g/mol. The van der Waals surface area contributed by atoms with Crippen molar-refractivity contribution in [1.82, 2.24) is 0 Å². The minimum Gasteiger partial charge on any atom is -0.384 e. The number of terminal acetylenes is 1. The van der Waals surface area contributed by atoms with Crippen molar-refractivity contribution in [2.24, 2.45) is 0 Å². The first-order valence-electron chi connectivity index (χ1n) is 5.66. The van der Waals surface area contributed by atoms with E-state index in [1.807, 2.05) is 18.2 Å². The zero-order chi connectivity index (χ0) is 12.5. The van der Waals surface area contributed by atoms with E-state index in [1.54, 1.807) is 11.8 Å². The Labute approximate surface area is 107 Å². The van der Waals surface area contributed by atoms with Crippen molar-refractivity contribution in [2.45, 2.75) is 24.7 Å². The second kappa shape index (κ2) is 7.65. The molecule has 0 fully saturated rings. The number of unbranched alkanes of at least 4 members (excludes halogenated alkanes) is 1. The smallest absolute Gasteiger partial charge is 0.102 e. The minimum absolute atomic E-state index is 0.736. The van der Waals surface area contributed by atoms with Crippen LogP contribution in [0.2, 0.25) is 0 Å². The van der Waals surface area contributed by atoms with Gasteiger partial charge in [0.05, 0.1) is 11.3 Å². The topological polar surface area (TPSA) is 35.8 Å². The first-order valence-corrected chi connectivity index (χ1v) is 6.65. The van der Waals surface area contributed by atoms with Crippen LogP contribution < -0.4 is 5.32 Å². The number of benzene rings is 1. The van der Waals surface area contributed by atoms with Crippen LogP contribution in [0, 0.1) is 23.7 Å². The van der Waals surface area contributed by atoms with Crippen LogP contribution in [-0.4, -0.2) is 12.3 Å². The van der Waals surface area contributed by atoms with Crippen LogP contribution in [-0.2, 0) is 0 Å². The summed E-state index contributed by atoms with van der Waals surface area (Å²) in [6, 6.07) is 8.16. The number of nitrogens with zero attached hydrogens (tertiary/aromatic N) is 1. The summed E-state index contributed by atoms with van der Waals surface area (Å²) < 4.78 is 0. The molecule has 0 spiro atoms.